The molecule has 2 unspecified atom stereocenters. The molecule has 154 valence electrons. The van der Waals surface area contributed by atoms with E-state index < -0.39 is 23.1 Å². The van der Waals surface area contributed by atoms with Crippen LogP contribution in [0.25, 0.3) is 0 Å². The molecule has 0 aliphatic carbocycles. The third kappa shape index (κ3) is 3.35. The van der Waals surface area contributed by atoms with Gasteiger partial charge in [-0.05, 0) is 19.9 Å². The Morgan fingerprint density at radius 2 is 1.86 bits per heavy atom. The van der Waals surface area contributed by atoms with Gasteiger partial charge in [-0.25, -0.2) is 9.59 Å². The molecular formula is C20H22N2O6S. The lowest BCUT2D eigenvalue weighted by Crippen LogP contribution is -2.40. The monoisotopic (exact) mass is 418 g/mol. The number of thioether (sulfide) groups is 1. The number of hydrogen-bond donors (Lipinski definition) is 1. The van der Waals surface area contributed by atoms with Crippen LogP contribution in [0.1, 0.15) is 25.3 Å². The molecule has 29 heavy (non-hydrogen) atoms. The Morgan fingerprint density at radius 1 is 1.17 bits per heavy atom. The molecule has 0 bridgehead atoms. The predicted octanol–water partition coefficient (Wildman–Crippen LogP) is 1.87. The fourth-order valence-corrected chi connectivity index (χ4v) is 4.63. The zero-order valence-electron chi connectivity index (χ0n) is 16.6. The number of hydrogen-bond acceptors (Lipinski definition) is 8. The number of amides is 1. The van der Waals surface area contributed by atoms with E-state index in [9.17, 15) is 14.4 Å². The molecule has 1 aromatic carbocycles. The summed E-state index contributed by atoms with van der Waals surface area (Å²) in [4.78, 5) is 39.7. The van der Waals surface area contributed by atoms with Gasteiger partial charge in [-0.3, -0.25) is 9.69 Å². The van der Waals surface area contributed by atoms with Gasteiger partial charge in [0.2, 0.25) is 5.91 Å². The van der Waals surface area contributed by atoms with E-state index in [0.717, 1.165) is 0 Å². The van der Waals surface area contributed by atoms with E-state index >= 15 is 0 Å². The van der Waals surface area contributed by atoms with Crippen molar-refractivity contribution in [2.45, 2.75) is 25.0 Å². The molecule has 0 spiro atoms. The molecule has 0 radical (unpaired) electrons. The van der Waals surface area contributed by atoms with Gasteiger partial charge in [0.15, 0.2) is 0 Å². The third-order valence-corrected chi connectivity index (χ3v) is 5.92. The first-order chi connectivity index (χ1) is 13.9. The first-order valence-electron chi connectivity index (χ1n) is 9.00. The van der Waals surface area contributed by atoms with Crippen LogP contribution in [0.5, 0.6) is 5.75 Å². The third-order valence-electron chi connectivity index (χ3n) is 4.73. The van der Waals surface area contributed by atoms with Crippen molar-refractivity contribution in [3.63, 3.8) is 0 Å². The van der Waals surface area contributed by atoms with E-state index in [0.29, 0.717) is 16.3 Å². The molecule has 9 heteroatoms. The zero-order chi connectivity index (χ0) is 21.3. The number of para-hydroxylation sites is 1. The van der Waals surface area contributed by atoms with Crippen LogP contribution in [0.4, 0.5) is 0 Å². The van der Waals surface area contributed by atoms with Gasteiger partial charge in [-0.2, -0.15) is 0 Å². The van der Waals surface area contributed by atoms with Crippen molar-refractivity contribution in [1.29, 1.82) is 0 Å². The van der Waals surface area contributed by atoms with Crippen molar-refractivity contribution in [3.05, 3.63) is 51.8 Å². The van der Waals surface area contributed by atoms with Crippen molar-refractivity contribution in [3.8, 4) is 5.75 Å². The number of fused-ring (bicyclic) bond motifs is 1. The lowest BCUT2D eigenvalue weighted by molar-refractivity contribution is -0.139. The molecule has 1 fully saturated rings. The van der Waals surface area contributed by atoms with E-state index in [1.807, 2.05) is 0 Å². The van der Waals surface area contributed by atoms with Crippen LogP contribution >= 0.6 is 11.8 Å². The highest BCUT2D eigenvalue weighted by atomic mass is 32.2. The first-order valence-corrected chi connectivity index (χ1v) is 9.88. The summed E-state index contributed by atoms with van der Waals surface area (Å²) in [5, 5.41) is -0.106. The summed E-state index contributed by atoms with van der Waals surface area (Å²) in [6.07, 6.45) is 0. The maximum Gasteiger partial charge on any atom is 0.338 e. The highest BCUT2D eigenvalue weighted by molar-refractivity contribution is 8.04. The molecule has 2 aliphatic rings. The van der Waals surface area contributed by atoms with E-state index in [1.165, 1.54) is 30.9 Å². The van der Waals surface area contributed by atoms with Gasteiger partial charge in [-0.15, -0.1) is 0 Å². The number of nitrogens with two attached hydrogens (primary N) is 1. The smallest absolute Gasteiger partial charge is 0.338 e. The highest BCUT2D eigenvalue weighted by Gasteiger charge is 2.49. The second-order valence-corrected chi connectivity index (χ2v) is 7.67. The Bertz CT molecular complexity index is 939. The van der Waals surface area contributed by atoms with Crippen LogP contribution in [-0.2, 0) is 23.9 Å². The summed E-state index contributed by atoms with van der Waals surface area (Å²) in [6.45, 7) is 3.53. The normalized spacial score (nSPS) is 21.2. The molecule has 1 saturated heterocycles. The van der Waals surface area contributed by atoms with E-state index in [-0.39, 0.29) is 29.5 Å². The Morgan fingerprint density at radius 3 is 2.48 bits per heavy atom. The molecular weight excluding hydrogens is 396 g/mol. The lowest BCUT2D eigenvalue weighted by atomic mass is 9.82. The summed E-state index contributed by atoms with van der Waals surface area (Å²) in [7, 11) is 2.71. The van der Waals surface area contributed by atoms with E-state index in [2.05, 4.69) is 0 Å². The van der Waals surface area contributed by atoms with Gasteiger partial charge < -0.3 is 19.9 Å². The molecule has 2 N–H and O–H groups in total. The predicted molar refractivity (Wildman–Crippen MR) is 107 cm³/mol. The van der Waals surface area contributed by atoms with Crippen LogP contribution in [0.3, 0.4) is 0 Å². The molecule has 2 aliphatic heterocycles. The number of benzene rings is 1. The average Bonchev–Trinajstić information content (AvgIpc) is 3.01. The zero-order valence-corrected chi connectivity index (χ0v) is 17.4. The highest BCUT2D eigenvalue weighted by Crippen LogP contribution is 2.51. The average molecular weight is 418 g/mol. The number of esters is 2. The molecule has 1 aromatic rings. The second kappa shape index (κ2) is 8.20. The number of carbonyl (C=O) groups excluding carboxylic acids is 3. The molecule has 1 amide bonds. The molecule has 8 nitrogen and oxygen atoms in total. The SMILES string of the molecule is CCOC(=O)C1=C2SC(C)C(=O)N2C(N)=C(C(=O)OC)C1c1ccccc1OC. The van der Waals surface area contributed by atoms with Crippen LogP contribution in [-0.4, -0.2) is 48.8 Å². The Labute approximate surface area is 172 Å². The minimum absolute atomic E-state index is 0.00754. The molecule has 2 atom stereocenters. The van der Waals surface area contributed by atoms with Crippen molar-refractivity contribution < 1.29 is 28.6 Å². The van der Waals surface area contributed by atoms with Crippen molar-refractivity contribution in [1.82, 2.24) is 4.90 Å². The van der Waals surface area contributed by atoms with Gasteiger partial charge in [-0.1, -0.05) is 30.0 Å². The summed E-state index contributed by atoms with van der Waals surface area (Å²) >= 11 is 1.20. The molecule has 3 rings (SSSR count). The number of ether oxygens (including phenoxy) is 3. The van der Waals surface area contributed by atoms with Crippen molar-refractivity contribution in [2.24, 2.45) is 5.73 Å². The van der Waals surface area contributed by atoms with Gasteiger partial charge in [0.05, 0.1) is 48.2 Å². The summed E-state index contributed by atoms with van der Waals surface area (Å²) < 4.78 is 15.7. The number of rotatable bonds is 5. The van der Waals surface area contributed by atoms with Crippen molar-refractivity contribution >= 4 is 29.6 Å². The van der Waals surface area contributed by atoms with Gasteiger partial charge >= 0.3 is 11.9 Å². The maximum atomic E-state index is 13.0. The fraction of sp³-hybridized carbons (Fsp3) is 0.350. The maximum absolute atomic E-state index is 13.0. The summed E-state index contributed by atoms with van der Waals surface area (Å²) in [5.74, 6) is -2.19. The summed E-state index contributed by atoms with van der Waals surface area (Å²) in [5.41, 5.74) is 6.99. The minimum Gasteiger partial charge on any atom is -0.496 e. The van der Waals surface area contributed by atoms with Gasteiger partial charge in [0.1, 0.15) is 11.6 Å². The van der Waals surface area contributed by atoms with Crippen LogP contribution < -0.4 is 10.5 Å². The Kier molecular flexibility index (Phi) is 5.88. The quantitative estimate of drug-likeness (QED) is 0.722. The molecule has 2 heterocycles. The van der Waals surface area contributed by atoms with Gasteiger partial charge in [0.25, 0.3) is 0 Å². The Balaban J connectivity index is 2.35. The largest absolute Gasteiger partial charge is 0.496 e. The van der Waals surface area contributed by atoms with Crippen LogP contribution in [0, 0.1) is 0 Å². The van der Waals surface area contributed by atoms with Crippen LogP contribution in [0.2, 0.25) is 0 Å². The first kappa shape index (κ1) is 20.8. The van der Waals surface area contributed by atoms with Crippen molar-refractivity contribution in [2.75, 3.05) is 20.8 Å². The second-order valence-electron chi connectivity index (χ2n) is 6.34. The fourth-order valence-electron chi connectivity index (χ4n) is 3.46. The standard InChI is InChI=1S/C20H22N2O6S/c1-5-28-20(25)15-13(11-8-6-7-9-12(11)26-3)14(19(24)27-4)16(21)22-17(23)10(2)29-18(15)22/h6-10,13H,5,21H2,1-4H3. The number of nitrogens with zero attached hydrogens (tertiary/aromatic N) is 1. The summed E-state index contributed by atoms with van der Waals surface area (Å²) in [6, 6.07) is 6.99. The Hall–Kier alpha value is -2.94. The van der Waals surface area contributed by atoms with E-state index in [4.69, 9.17) is 19.9 Å². The van der Waals surface area contributed by atoms with Gasteiger partial charge in [0, 0.05) is 5.56 Å². The lowest BCUT2D eigenvalue weighted by Gasteiger charge is -2.33. The molecule has 0 saturated carbocycles. The number of methoxy groups -OCH3 is 2. The molecule has 0 aromatic heterocycles. The number of carbonyl (C=O) groups is 3. The van der Waals surface area contributed by atoms with E-state index in [1.54, 1.807) is 38.1 Å². The minimum atomic E-state index is -0.908. The van der Waals surface area contributed by atoms with Crippen LogP contribution in [0.15, 0.2) is 46.3 Å². The topological polar surface area (TPSA) is 108 Å².